The first kappa shape index (κ1) is 13.9. The number of rotatable bonds is 2. The first-order valence-electron chi connectivity index (χ1n) is 8.91. The fourth-order valence-corrected chi connectivity index (χ4v) is 5.22. The van der Waals surface area contributed by atoms with Gasteiger partial charge < -0.3 is 15.4 Å². The number of nitrogens with zero attached hydrogens (tertiary/aromatic N) is 2. The van der Waals surface area contributed by atoms with Crippen molar-refractivity contribution in [3.8, 4) is 0 Å². The number of guanidine groups is 1. The number of hydrogen-bond donors (Lipinski definition) is 1. The number of aliphatic imine (C=N–C) groups is 1. The molecule has 1 saturated heterocycles. The Hall–Kier alpha value is -0.770. The molecule has 21 heavy (non-hydrogen) atoms. The Morgan fingerprint density at radius 3 is 2.52 bits per heavy atom. The molecule has 0 radical (unpaired) electrons. The van der Waals surface area contributed by atoms with Crippen LogP contribution in [0.25, 0.3) is 0 Å². The van der Waals surface area contributed by atoms with Crippen LogP contribution in [0.5, 0.6) is 0 Å². The maximum atomic E-state index is 6.23. The third-order valence-electron chi connectivity index (χ3n) is 6.70. The van der Waals surface area contributed by atoms with Gasteiger partial charge in [-0.3, -0.25) is 4.99 Å². The van der Waals surface area contributed by atoms with Crippen molar-refractivity contribution in [1.82, 2.24) is 4.90 Å². The molecule has 118 valence electrons. The smallest absolute Gasteiger partial charge is 0.191 e. The fraction of sp³-hybridized carbons (Fsp3) is 0.941. The van der Waals surface area contributed by atoms with Crippen LogP contribution in [0, 0.1) is 5.41 Å². The zero-order valence-electron chi connectivity index (χ0n) is 13.1. The maximum Gasteiger partial charge on any atom is 0.191 e. The summed E-state index contributed by atoms with van der Waals surface area (Å²) in [6.45, 7) is 2.80. The van der Waals surface area contributed by atoms with Gasteiger partial charge in [-0.1, -0.05) is 12.8 Å². The van der Waals surface area contributed by atoms with E-state index in [1.807, 2.05) is 0 Å². The summed E-state index contributed by atoms with van der Waals surface area (Å²) in [7, 11) is 0. The van der Waals surface area contributed by atoms with E-state index in [1.54, 1.807) is 0 Å². The number of nitrogens with two attached hydrogens (primary N) is 1. The van der Waals surface area contributed by atoms with Gasteiger partial charge in [0.1, 0.15) is 0 Å². The molecule has 2 N–H and O–H groups in total. The van der Waals surface area contributed by atoms with Crippen LogP contribution in [0.1, 0.15) is 64.2 Å². The van der Waals surface area contributed by atoms with Crippen LogP contribution in [-0.4, -0.2) is 42.2 Å². The number of ether oxygens (including phenoxy) is 1. The van der Waals surface area contributed by atoms with Crippen molar-refractivity contribution in [2.45, 2.75) is 75.9 Å². The lowest BCUT2D eigenvalue weighted by Crippen LogP contribution is -2.56. The van der Waals surface area contributed by atoms with Crippen LogP contribution >= 0.6 is 0 Å². The van der Waals surface area contributed by atoms with Crippen molar-refractivity contribution in [1.29, 1.82) is 0 Å². The molecular formula is C17H29N3O. The normalized spacial score (nSPS) is 34.0. The second-order valence-corrected chi connectivity index (χ2v) is 7.85. The van der Waals surface area contributed by atoms with Crippen molar-refractivity contribution < 1.29 is 4.74 Å². The molecule has 0 aromatic carbocycles. The molecule has 4 nitrogen and oxygen atoms in total. The quantitative estimate of drug-likeness (QED) is 0.851. The molecule has 2 aliphatic carbocycles. The molecule has 0 amide bonds. The predicted molar refractivity (Wildman–Crippen MR) is 84.3 cm³/mol. The molecule has 2 heterocycles. The molecule has 3 fully saturated rings. The number of hydrogen-bond acceptors (Lipinski definition) is 4. The second-order valence-electron chi connectivity index (χ2n) is 7.85. The predicted octanol–water partition coefficient (Wildman–Crippen LogP) is 2.67. The summed E-state index contributed by atoms with van der Waals surface area (Å²) in [4.78, 5) is 7.04. The summed E-state index contributed by atoms with van der Waals surface area (Å²) >= 11 is 0. The van der Waals surface area contributed by atoms with E-state index in [2.05, 4.69) is 9.89 Å². The molecule has 2 spiro atoms. The highest BCUT2D eigenvalue weighted by atomic mass is 16.5. The second kappa shape index (κ2) is 5.15. The summed E-state index contributed by atoms with van der Waals surface area (Å²) in [6, 6.07) is 0. The van der Waals surface area contributed by atoms with Crippen LogP contribution in [0.3, 0.4) is 0 Å². The lowest BCUT2D eigenvalue weighted by Gasteiger charge is -2.48. The first-order valence-corrected chi connectivity index (χ1v) is 8.91. The highest BCUT2D eigenvalue weighted by Gasteiger charge is 2.49. The van der Waals surface area contributed by atoms with Crippen LogP contribution in [0.2, 0.25) is 0 Å². The average molecular weight is 291 g/mol. The van der Waals surface area contributed by atoms with E-state index in [-0.39, 0.29) is 5.54 Å². The van der Waals surface area contributed by atoms with Crippen LogP contribution < -0.4 is 5.73 Å². The Balaban J connectivity index is 1.45. The van der Waals surface area contributed by atoms with E-state index in [4.69, 9.17) is 10.5 Å². The summed E-state index contributed by atoms with van der Waals surface area (Å²) in [5.74, 6) is 0.771. The molecule has 4 heteroatoms. The van der Waals surface area contributed by atoms with Gasteiger partial charge in [0, 0.05) is 13.2 Å². The monoisotopic (exact) mass is 291 g/mol. The molecule has 1 atom stereocenters. The van der Waals surface area contributed by atoms with Crippen molar-refractivity contribution in [2.24, 2.45) is 16.1 Å². The zero-order valence-corrected chi connectivity index (χ0v) is 13.1. The van der Waals surface area contributed by atoms with Gasteiger partial charge in [-0.2, -0.15) is 0 Å². The molecule has 4 aliphatic rings. The zero-order chi connectivity index (χ0) is 14.3. The minimum Gasteiger partial charge on any atom is -0.376 e. The van der Waals surface area contributed by atoms with Gasteiger partial charge in [-0.15, -0.1) is 0 Å². The van der Waals surface area contributed by atoms with Gasteiger partial charge in [0.2, 0.25) is 0 Å². The summed E-state index contributed by atoms with van der Waals surface area (Å²) < 4.78 is 5.84. The van der Waals surface area contributed by atoms with Crippen molar-refractivity contribution in [3.63, 3.8) is 0 Å². The third kappa shape index (κ3) is 2.36. The fourth-order valence-electron chi connectivity index (χ4n) is 5.22. The van der Waals surface area contributed by atoms with E-state index in [0.29, 0.717) is 11.5 Å². The van der Waals surface area contributed by atoms with E-state index < -0.39 is 0 Å². The third-order valence-corrected chi connectivity index (χ3v) is 6.70. The molecule has 1 unspecified atom stereocenters. The topological polar surface area (TPSA) is 50.8 Å². The van der Waals surface area contributed by atoms with Crippen LogP contribution in [0.15, 0.2) is 4.99 Å². The minimum atomic E-state index is 0.226. The highest BCUT2D eigenvalue weighted by molar-refractivity contribution is 5.81. The maximum absolute atomic E-state index is 6.23. The van der Waals surface area contributed by atoms with Gasteiger partial charge in [-0.05, 0) is 56.8 Å². The van der Waals surface area contributed by atoms with E-state index in [0.717, 1.165) is 25.7 Å². The summed E-state index contributed by atoms with van der Waals surface area (Å²) in [5.41, 5.74) is 7.13. The Bertz CT molecular complexity index is 412. The molecule has 0 bridgehead atoms. The largest absolute Gasteiger partial charge is 0.376 e. The average Bonchev–Trinajstić information content (AvgIpc) is 3.21. The molecule has 2 aliphatic heterocycles. The highest BCUT2D eigenvalue weighted by Crippen LogP contribution is 2.53. The first-order chi connectivity index (χ1) is 10.2. The van der Waals surface area contributed by atoms with E-state index in [9.17, 15) is 0 Å². The molecule has 0 aromatic rings. The van der Waals surface area contributed by atoms with Gasteiger partial charge in [0.15, 0.2) is 5.96 Å². The molecule has 4 rings (SSSR count). The van der Waals surface area contributed by atoms with Gasteiger partial charge in [-0.25, -0.2) is 0 Å². The molecule has 2 saturated carbocycles. The molecule has 0 aromatic heterocycles. The van der Waals surface area contributed by atoms with Crippen molar-refractivity contribution in [2.75, 3.05) is 19.7 Å². The van der Waals surface area contributed by atoms with Gasteiger partial charge in [0.25, 0.3) is 0 Å². The van der Waals surface area contributed by atoms with Crippen LogP contribution in [-0.2, 0) is 4.74 Å². The van der Waals surface area contributed by atoms with Crippen molar-refractivity contribution in [3.05, 3.63) is 0 Å². The Morgan fingerprint density at radius 2 is 1.86 bits per heavy atom. The standard InChI is InChI=1S/C17H29N3O/c18-15-19-13-17(20(15)12-14-4-3-11-21-14)9-7-16(8-10-17)5-1-2-6-16/h14H,1-13H2,(H2,18,19). The van der Waals surface area contributed by atoms with Gasteiger partial charge in [0.05, 0.1) is 18.2 Å². The summed E-state index contributed by atoms with van der Waals surface area (Å²) in [5, 5.41) is 0. The van der Waals surface area contributed by atoms with E-state index >= 15 is 0 Å². The van der Waals surface area contributed by atoms with E-state index in [1.165, 1.54) is 64.2 Å². The lowest BCUT2D eigenvalue weighted by molar-refractivity contribution is 0.0282. The molecular weight excluding hydrogens is 262 g/mol. The Morgan fingerprint density at radius 1 is 1.10 bits per heavy atom. The minimum absolute atomic E-state index is 0.226. The Kier molecular flexibility index (Phi) is 3.40. The van der Waals surface area contributed by atoms with Crippen LogP contribution in [0.4, 0.5) is 0 Å². The van der Waals surface area contributed by atoms with Gasteiger partial charge >= 0.3 is 0 Å². The summed E-state index contributed by atoms with van der Waals surface area (Å²) in [6.07, 6.45) is 13.9. The SMILES string of the molecule is NC1=NCC2(CCC3(CCCC3)CC2)N1CC1CCCO1. The Labute approximate surface area is 128 Å². The lowest BCUT2D eigenvalue weighted by atomic mass is 9.66. The van der Waals surface area contributed by atoms with Crippen molar-refractivity contribution >= 4 is 5.96 Å².